The smallest absolute Gasteiger partial charge is 0.262 e. The summed E-state index contributed by atoms with van der Waals surface area (Å²) in [6.45, 7) is 3.51. The van der Waals surface area contributed by atoms with Crippen molar-refractivity contribution < 1.29 is 9.69 Å². The molecule has 1 aromatic heterocycles. The summed E-state index contributed by atoms with van der Waals surface area (Å²) in [7, 11) is 4.19. The molecular formula is C23H29N4O2S+. The Labute approximate surface area is 181 Å². The van der Waals surface area contributed by atoms with E-state index < -0.39 is 0 Å². The molecule has 0 aliphatic rings. The van der Waals surface area contributed by atoms with E-state index in [0.717, 1.165) is 18.5 Å². The van der Waals surface area contributed by atoms with Crippen LogP contribution in [0.15, 0.2) is 64.5 Å². The molecule has 3 aromatic rings. The van der Waals surface area contributed by atoms with Gasteiger partial charge in [0.1, 0.15) is 0 Å². The highest BCUT2D eigenvalue weighted by Gasteiger charge is 2.15. The molecule has 3 rings (SSSR count). The summed E-state index contributed by atoms with van der Waals surface area (Å²) < 4.78 is 1.71. The van der Waals surface area contributed by atoms with Crippen molar-refractivity contribution in [1.82, 2.24) is 14.9 Å². The number of fused-ring (bicyclic) bond motifs is 1. The maximum Gasteiger partial charge on any atom is 0.262 e. The Morgan fingerprint density at radius 2 is 1.83 bits per heavy atom. The maximum atomic E-state index is 13.0. The van der Waals surface area contributed by atoms with Gasteiger partial charge in [-0.1, -0.05) is 54.2 Å². The molecule has 2 N–H and O–H groups in total. The van der Waals surface area contributed by atoms with Crippen molar-refractivity contribution in [3.05, 3.63) is 70.5 Å². The number of hydrogen-bond donors (Lipinski definition) is 2. The molecule has 0 aliphatic heterocycles. The summed E-state index contributed by atoms with van der Waals surface area (Å²) in [5, 5.41) is 4.22. The molecule has 0 radical (unpaired) electrons. The van der Waals surface area contributed by atoms with Crippen LogP contribution in [0.25, 0.3) is 10.9 Å². The third kappa shape index (κ3) is 5.70. The summed E-state index contributed by atoms with van der Waals surface area (Å²) in [6.07, 6.45) is 0.868. The van der Waals surface area contributed by atoms with Gasteiger partial charge in [-0.15, -0.1) is 0 Å². The van der Waals surface area contributed by atoms with Gasteiger partial charge in [-0.2, -0.15) is 0 Å². The number of carbonyl (C=O) groups is 1. The van der Waals surface area contributed by atoms with E-state index in [9.17, 15) is 9.59 Å². The number of para-hydroxylation sites is 1. The highest BCUT2D eigenvalue weighted by Crippen LogP contribution is 2.19. The number of carbonyl (C=O) groups excluding carboxylic acids is 1. The Balaban J connectivity index is 1.75. The second-order valence-electron chi connectivity index (χ2n) is 7.67. The molecule has 0 fully saturated rings. The summed E-state index contributed by atoms with van der Waals surface area (Å²) in [5.74, 6) is 0.129. The van der Waals surface area contributed by atoms with Crippen LogP contribution in [0.2, 0.25) is 0 Å². The second-order valence-corrected chi connectivity index (χ2v) is 8.61. The lowest BCUT2D eigenvalue weighted by atomic mass is 10.1. The first-order chi connectivity index (χ1) is 14.5. The fourth-order valence-corrected chi connectivity index (χ4v) is 4.12. The van der Waals surface area contributed by atoms with Gasteiger partial charge in [-0.05, 0) is 24.6 Å². The van der Waals surface area contributed by atoms with Gasteiger partial charge in [0.15, 0.2) is 5.16 Å². The molecule has 6 nitrogen and oxygen atoms in total. The van der Waals surface area contributed by atoms with Crippen LogP contribution in [-0.4, -0.2) is 41.9 Å². The first-order valence-electron chi connectivity index (χ1n) is 10.2. The van der Waals surface area contributed by atoms with Gasteiger partial charge < -0.3 is 10.2 Å². The predicted octanol–water partition coefficient (Wildman–Crippen LogP) is 1.90. The zero-order valence-corrected chi connectivity index (χ0v) is 18.5. The largest absolute Gasteiger partial charge is 0.349 e. The minimum Gasteiger partial charge on any atom is -0.349 e. The Kier molecular flexibility index (Phi) is 7.65. The zero-order chi connectivity index (χ0) is 21.5. The van der Waals surface area contributed by atoms with Crippen molar-refractivity contribution in [2.45, 2.75) is 31.1 Å². The minimum atomic E-state index is -0.0805. The Morgan fingerprint density at radius 3 is 2.57 bits per heavy atom. The summed E-state index contributed by atoms with van der Waals surface area (Å²) >= 11 is 1.31. The van der Waals surface area contributed by atoms with Crippen molar-refractivity contribution >= 4 is 28.6 Å². The molecule has 1 amide bonds. The third-order valence-electron chi connectivity index (χ3n) is 4.89. The van der Waals surface area contributed by atoms with Crippen molar-refractivity contribution in [1.29, 1.82) is 0 Å². The van der Waals surface area contributed by atoms with Crippen molar-refractivity contribution in [2.24, 2.45) is 0 Å². The van der Waals surface area contributed by atoms with E-state index in [1.165, 1.54) is 16.7 Å². The lowest BCUT2D eigenvalue weighted by molar-refractivity contribution is -0.858. The van der Waals surface area contributed by atoms with Crippen LogP contribution < -0.4 is 15.8 Å². The first kappa shape index (κ1) is 22.1. The van der Waals surface area contributed by atoms with E-state index in [2.05, 4.69) is 24.4 Å². The van der Waals surface area contributed by atoms with Gasteiger partial charge >= 0.3 is 0 Å². The molecule has 2 aromatic carbocycles. The SMILES string of the molecule is C[C@H](NC(=O)CSc1nc2ccccc2c(=O)n1CCC[NH+](C)C)c1ccccc1. The molecule has 0 saturated heterocycles. The Hall–Kier alpha value is -2.64. The van der Waals surface area contributed by atoms with Crippen molar-refractivity contribution in [3.63, 3.8) is 0 Å². The van der Waals surface area contributed by atoms with Crippen LogP contribution in [0.5, 0.6) is 0 Å². The molecule has 0 spiro atoms. The van der Waals surface area contributed by atoms with Crippen molar-refractivity contribution in [2.75, 3.05) is 26.4 Å². The average molecular weight is 426 g/mol. The molecule has 0 bridgehead atoms. The average Bonchev–Trinajstić information content (AvgIpc) is 2.74. The van der Waals surface area contributed by atoms with Gasteiger partial charge in [0.2, 0.25) is 5.91 Å². The van der Waals surface area contributed by atoms with Gasteiger partial charge in [-0.25, -0.2) is 4.98 Å². The Morgan fingerprint density at radius 1 is 1.13 bits per heavy atom. The van der Waals surface area contributed by atoms with Gasteiger partial charge in [0.25, 0.3) is 5.56 Å². The Bertz CT molecular complexity index is 1050. The predicted molar refractivity (Wildman–Crippen MR) is 122 cm³/mol. The number of aromatic nitrogens is 2. The lowest BCUT2D eigenvalue weighted by Crippen LogP contribution is -3.05. The molecule has 1 atom stereocenters. The number of hydrogen-bond acceptors (Lipinski definition) is 4. The lowest BCUT2D eigenvalue weighted by Gasteiger charge is -2.16. The zero-order valence-electron chi connectivity index (χ0n) is 17.7. The highest BCUT2D eigenvalue weighted by atomic mass is 32.2. The first-order valence-corrected chi connectivity index (χ1v) is 11.2. The standard InChI is InChI=1S/C23H28N4O2S/c1-17(18-10-5-4-6-11-18)24-21(28)16-30-23-25-20-13-8-7-12-19(20)22(29)27(23)15-9-14-26(2)3/h4-8,10-13,17H,9,14-16H2,1-3H3,(H,24,28)/p+1/t17-/m0/s1. The van der Waals surface area contributed by atoms with E-state index >= 15 is 0 Å². The summed E-state index contributed by atoms with van der Waals surface area (Å²) in [6, 6.07) is 17.2. The fourth-order valence-electron chi connectivity index (χ4n) is 3.28. The second kappa shape index (κ2) is 10.4. The van der Waals surface area contributed by atoms with E-state index in [1.54, 1.807) is 10.6 Å². The minimum absolute atomic E-state index is 0.0464. The summed E-state index contributed by atoms with van der Waals surface area (Å²) in [4.78, 5) is 31.6. The molecule has 30 heavy (non-hydrogen) atoms. The van der Waals surface area contributed by atoms with Crippen LogP contribution in [0.3, 0.4) is 0 Å². The molecular weight excluding hydrogens is 396 g/mol. The normalized spacial score (nSPS) is 12.3. The maximum absolute atomic E-state index is 13.0. The monoisotopic (exact) mass is 425 g/mol. The van der Waals surface area contributed by atoms with Crippen LogP contribution in [-0.2, 0) is 11.3 Å². The van der Waals surface area contributed by atoms with Crippen molar-refractivity contribution in [3.8, 4) is 0 Å². The van der Waals surface area contributed by atoms with E-state index in [4.69, 9.17) is 0 Å². The molecule has 7 heteroatoms. The summed E-state index contributed by atoms with van der Waals surface area (Å²) in [5.41, 5.74) is 1.68. The number of quaternary nitrogens is 1. The van der Waals surface area contributed by atoms with Gasteiger partial charge in [-0.3, -0.25) is 14.2 Å². The number of thioether (sulfide) groups is 1. The van der Waals surface area contributed by atoms with Gasteiger partial charge in [0, 0.05) is 13.0 Å². The number of nitrogens with one attached hydrogen (secondary N) is 2. The third-order valence-corrected chi connectivity index (χ3v) is 5.87. The molecule has 1 heterocycles. The molecule has 0 unspecified atom stereocenters. The van der Waals surface area contributed by atoms with Crippen LogP contribution in [0.1, 0.15) is 24.9 Å². The molecule has 158 valence electrons. The van der Waals surface area contributed by atoms with E-state index in [1.807, 2.05) is 55.5 Å². The molecule has 0 aliphatic carbocycles. The van der Waals surface area contributed by atoms with E-state index in [-0.39, 0.29) is 23.3 Å². The van der Waals surface area contributed by atoms with Gasteiger partial charge in [0.05, 0.1) is 43.3 Å². The highest BCUT2D eigenvalue weighted by molar-refractivity contribution is 7.99. The van der Waals surface area contributed by atoms with Crippen LogP contribution in [0.4, 0.5) is 0 Å². The quantitative estimate of drug-likeness (QED) is 0.406. The number of nitrogens with zero attached hydrogens (tertiary/aromatic N) is 2. The van der Waals surface area contributed by atoms with Crippen LogP contribution in [0, 0.1) is 0 Å². The van der Waals surface area contributed by atoms with Crippen LogP contribution >= 0.6 is 11.8 Å². The number of benzene rings is 2. The fraction of sp³-hybridized carbons (Fsp3) is 0.348. The number of rotatable bonds is 9. The molecule has 0 saturated carbocycles. The topological polar surface area (TPSA) is 68.4 Å². The van der Waals surface area contributed by atoms with E-state index in [0.29, 0.717) is 22.6 Å². The number of amides is 1.